The van der Waals surface area contributed by atoms with Crippen molar-refractivity contribution in [1.82, 2.24) is 10.6 Å². The number of rotatable bonds is 8. The lowest BCUT2D eigenvalue weighted by molar-refractivity contribution is -0.124. The van der Waals surface area contributed by atoms with E-state index >= 15 is 0 Å². The van der Waals surface area contributed by atoms with E-state index in [1.165, 1.54) is 24.0 Å². The number of allylic oxidation sites excluding steroid dienone is 7. The summed E-state index contributed by atoms with van der Waals surface area (Å²) < 4.78 is 36.8. The number of benzene rings is 1. The van der Waals surface area contributed by atoms with Gasteiger partial charge in [-0.15, -0.1) is 18.5 Å². The van der Waals surface area contributed by atoms with Crippen molar-refractivity contribution >= 4 is 18.5 Å². The van der Waals surface area contributed by atoms with Gasteiger partial charge in [-0.05, 0) is 66.7 Å². The van der Waals surface area contributed by atoms with Crippen LogP contribution in [0.25, 0.3) is 0 Å². The molecule has 3 nitrogen and oxygen atoms in total. The minimum absolute atomic E-state index is 0.314. The van der Waals surface area contributed by atoms with E-state index in [0.29, 0.717) is 24.8 Å². The molecule has 0 saturated carbocycles. The maximum absolute atomic E-state index is 12.3. The molecule has 1 heterocycles. The minimum Gasteiger partial charge on any atom is -0.400 e. The molecule has 4 atom stereocenters. The van der Waals surface area contributed by atoms with Crippen LogP contribution in [-0.4, -0.2) is 44.6 Å². The number of aliphatic hydroxyl groups excluding tert-OH is 1. The fourth-order valence-corrected chi connectivity index (χ4v) is 4.34. The fourth-order valence-electron chi connectivity index (χ4n) is 4.12. The summed E-state index contributed by atoms with van der Waals surface area (Å²) in [7, 11) is 6.11. The molecule has 1 fully saturated rings. The zero-order chi connectivity index (χ0) is 26.8. The van der Waals surface area contributed by atoms with E-state index in [4.69, 9.17) is 5.11 Å². The predicted octanol–water partition coefficient (Wildman–Crippen LogP) is 6.28. The zero-order valence-electron chi connectivity index (χ0n) is 21.1. The molecule has 0 bridgehead atoms. The van der Waals surface area contributed by atoms with Gasteiger partial charge in [-0.25, -0.2) is 0 Å². The van der Waals surface area contributed by atoms with Crippen molar-refractivity contribution in [2.24, 2.45) is 5.92 Å². The maximum atomic E-state index is 12.3. The van der Waals surface area contributed by atoms with E-state index in [1.807, 2.05) is 36.2 Å². The van der Waals surface area contributed by atoms with Crippen molar-refractivity contribution in [3.8, 4) is 0 Å². The van der Waals surface area contributed by atoms with Gasteiger partial charge in [0.15, 0.2) is 0 Å². The van der Waals surface area contributed by atoms with Crippen LogP contribution in [0.4, 0.5) is 13.2 Å². The smallest absolute Gasteiger partial charge is 0.400 e. The van der Waals surface area contributed by atoms with Crippen LogP contribution >= 0.6 is 18.5 Å². The predicted molar refractivity (Wildman–Crippen MR) is 154 cm³/mol. The lowest BCUT2D eigenvalue weighted by atomic mass is 9.82. The highest BCUT2D eigenvalue weighted by molar-refractivity contribution is 7.27. The molecule has 1 aliphatic heterocycles. The van der Waals surface area contributed by atoms with E-state index in [-0.39, 0.29) is 0 Å². The number of alkyl halides is 3. The van der Waals surface area contributed by atoms with Crippen molar-refractivity contribution in [2.75, 3.05) is 33.3 Å². The van der Waals surface area contributed by atoms with E-state index in [0.717, 1.165) is 37.5 Å². The second kappa shape index (κ2) is 18.7. The first-order valence-electron chi connectivity index (χ1n) is 12.2. The van der Waals surface area contributed by atoms with Crippen LogP contribution in [0.15, 0.2) is 84.0 Å². The second-order valence-electron chi connectivity index (χ2n) is 8.45. The lowest BCUT2D eigenvalue weighted by Gasteiger charge is -2.27. The number of piperidine rings is 1. The summed E-state index contributed by atoms with van der Waals surface area (Å²) in [6.45, 7) is 5.12. The summed E-state index contributed by atoms with van der Waals surface area (Å²) >= 11 is 0. The minimum atomic E-state index is -4.15. The van der Waals surface area contributed by atoms with Crippen molar-refractivity contribution in [3.05, 3.63) is 95.1 Å². The molecule has 8 heteroatoms. The normalized spacial score (nSPS) is 20.1. The highest BCUT2D eigenvalue weighted by Crippen LogP contribution is 2.33. The molecular formula is C28H41F3N2OP2. The summed E-state index contributed by atoms with van der Waals surface area (Å²) in [6, 6.07) is 8.11. The number of aliphatic hydroxyl groups is 1. The molecule has 1 aromatic rings. The Morgan fingerprint density at radius 1 is 1.28 bits per heavy atom. The molecule has 3 rings (SSSR count). The van der Waals surface area contributed by atoms with Crippen LogP contribution in [0.1, 0.15) is 36.3 Å². The third-order valence-corrected chi connectivity index (χ3v) is 7.02. The number of hydrogen-bond donors (Lipinski definition) is 3. The van der Waals surface area contributed by atoms with E-state index in [9.17, 15) is 13.2 Å². The Balaban J connectivity index is 0.000000554. The fraction of sp³-hybridized carbons (Fsp3) is 0.429. The Hall–Kier alpha value is -1.55. The lowest BCUT2D eigenvalue weighted by Crippen LogP contribution is -2.31. The largest absolute Gasteiger partial charge is 0.401 e. The molecular weight excluding hydrogens is 499 g/mol. The molecule has 1 aromatic carbocycles. The molecule has 36 heavy (non-hydrogen) atoms. The summed E-state index contributed by atoms with van der Waals surface area (Å²) in [6.07, 6.45) is 12.4. The summed E-state index contributed by atoms with van der Waals surface area (Å²) in [4.78, 5) is 0. The Morgan fingerprint density at radius 3 is 2.61 bits per heavy atom. The molecule has 0 amide bonds. The summed E-state index contributed by atoms with van der Waals surface area (Å²) in [5.74, 6) is 2.86. The van der Waals surface area contributed by atoms with Crippen LogP contribution in [0.2, 0.25) is 0 Å². The molecule has 0 spiro atoms. The van der Waals surface area contributed by atoms with E-state index in [2.05, 4.69) is 60.0 Å². The van der Waals surface area contributed by atoms with Gasteiger partial charge in [0.2, 0.25) is 0 Å². The van der Waals surface area contributed by atoms with Gasteiger partial charge in [0.1, 0.15) is 0 Å². The van der Waals surface area contributed by atoms with E-state index < -0.39 is 12.7 Å². The summed E-state index contributed by atoms with van der Waals surface area (Å²) in [5.41, 5.74) is 3.79. The van der Waals surface area contributed by atoms with Gasteiger partial charge in [-0.1, -0.05) is 73.1 Å². The maximum Gasteiger partial charge on any atom is 0.401 e. The third-order valence-electron chi connectivity index (χ3n) is 5.87. The first kappa shape index (κ1) is 32.5. The quantitative estimate of drug-likeness (QED) is 0.207. The molecule has 0 radical (unpaired) electrons. The third kappa shape index (κ3) is 13.1. The number of halogens is 3. The molecule has 1 saturated heterocycles. The average Bonchev–Trinajstić information content (AvgIpc) is 2.91. The monoisotopic (exact) mass is 540 g/mol. The van der Waals surface area contributed by atoms with Crippen LogP contribution < -0.4 is 10.6 Å². The van der Waals surface area contributed by atoms with Gasteiger partial charge < -0.3 is 15.7 Å². The molecule has 3 unspecified atom stereocenters. The molecule has 1 aliphatic carbocycles. The first-order chi connectivity index (χ1) is 17.3. The van der Waals surface area contributed by atoms with Crippen molar-refractivity contribution in [3.63, 3.8) is 0 Å². The Bertz CT molecular complexity index is 889. The van der Waals surface area contributed by atoms with Crippen LogP contribution in [0.5, 0.6) is 0 Å². The van der Waals surface area contributed by atoms with Gasteiger partial charge in [0.05, 0.1) is 6.54 Å². The molecule has 3 N–H and O–H groups in total. The number of hydrogen-bond acceptors (Lipinski definition) is 3. The van der Waals surface area contributed by atoms with Gasteiger partial charge in [0, 0.05) is 19.6 Å². The van der Waals surface area contributed by atoms with Crippen molar-refractivity contribution < 1.29 is 18.3 Å². The molecule has 0 aromatic heterocycles. The second-order valence-corrected chi connectivity index (χ2v) is 9.45. The highest BCUT2D eigenvalue weighted by Gasteiger charge is 2.26. The van der Waals surface area contributed by atoms with Crippen LogP contribution in [0, 0.1) is 5.92 Å². The van der Waals surface area contributed by atoms with Crippen LogP contribution in [-0.2, 0) is 6.42 Å². The SMILES string of the molecule is C=C/C=C\C(P)=C\P.CO.FC(F)(F)CNCCc1ccccc1C1C=CC([C@@H]2CCCNC2)=CC1. The van der Waals surface area contributed by atoms with Crippen molar-refractivity contribution in [2.45, 2.75) is 37.8 Å². The molecule has 2 aliphatic rings. The Kier molecular flexibility index (Phi) is 16.8. The topological polar surface area (TPSA) is 44.3 Å². The standard InChI is InChI=1S/C21H27F3N2.C6H10P2.CH4O/c22-21(23,24)15-26-13-11-17-4-1-2-6-20(17)18-9-7-16(8-10-18)19-5-3-12-25-14-19;1-2-3-4-6(8)5-7;1-2/h1-2,4,6-9,18-19,25-26H,3,5,10-15H2;2-5H,1,7-8H2;2H,1H3/b;4-3-,6-5-;/t18?,19-;;/m1../s1. The van der Waals surface area contributed by atoms with Gasteiger partial charge in [-0.3, -0.25) is 0 Å². The molecule has 200 valence electrons. The average molecular weight is 541 g/mol. The zero-order valence-corrected chi connectivity index (χ0v) is 23.4. The highest BCUT2D eigenvalue weighted by atomic mass is 31.0. The van der Waals surface area contributed by atoms with Crippen LogP contribution in [0.3, 0.4) is 0 Å². The van der Waals surface area contributed by atoms with Gasteiger partial charge >= 0.3 is 6.18 Å². The Labute approximate surface area is 219 Å². The first-order valence-corrected chi connectivity index (χ1v) is 13.4. The number of nitrogens with one attached hydrogen (secondary N) is 2. The van der Waals surface area contributed by atoms with Gasteiger partial charge in [0.25, 0.3) is 0 Å². The summed E-state index contributed by atoms with van der Waals surface area (Å²) in [5, 5.41) is 14.1. The van der Waals surface area contributed by atoms with Crippen molar-refractivity contribution in [1.29, 1.82) is 0 Å². The van der Waals surface area contributed by atoms with Gasteiger partial charge in [-0.2, -0.15) is 13.2 Å². The van der Waals surface area contributed by atoms with E-state index in [1.54, 1.807) is 6.08 Å². The Morgan fingerprint density at radius 2 is 2.03 bits per heavy atom.